The first-order valence-electron chi connectivity index (χ1n) is 4.81. The molecule has 0 saturated heterocycles. The Morgan fingerprint density at radius 3 is 2.31 bits per heavy atom. The molecule has 0 spiro atoms. The Morgan fingerprint density at radius 1 is 1.46 bits per heavy atom. The Balaban J connectivity index is 3.87. The molecule has 0 aromatic carbocycles. The molecule has 2 unspecified atom stereocenters. The summed E-state index contributed by atoms with van der Waals surface area (Å²) in [6.07, 6.45) is 7.42. The maximum atomic E-state index is 5.30. The van der Waals surface area contributed by atoms with E-state index in [1.165, 1.54) is 6.42 Å². The van der Waals surface area contributed by atoms with Gasteiger partial charge in [-0.05, 0) is 24.2 Å². The molecule has 0 aliphatic carbocycles. The first-order chi connectivity index (χ1) is 5.89. The molecule has 0 aliphatic rings. The highest BCUT2D eigenvalue weighted by molar-refractivity contribution is 4.98. The van der Waals surface area contributed by atoms with Gasteiger partial charge in [0, 0.05) is 0 Å². The van der Waals surface area contributed by atoms with Gasteiger partial charge in [-0.2, -0.15) is 0 Å². The highest BCUT2D eigenvalue weighted by Gasteiger charge is 2.17. The first kappa shape index (κ1) is 12.5. The van der Waals surface area contributed by atoms with Gasteiger partial charge in [0.2, 0.25) is 0 Å². The molecule has 0 aliphatic heterocycles. The average molecular weight is 182 g/mol. The van der Waals surface area contributed by atoms with E-state index in [-0.39, 0.29) is 6.04 Å². The zero-order valence-electron chi connectivity index (χ0n) is 9.22. The van der Waals surface area contributed by atoms with Crippen molar-refractivity contribution in [3.63, 3.8) is 0 Å². The summed E-state index contributed by atoms with van der Waals surface area (Å²) in [5.41, 5.74) is 3.00. The summed E-state index contributed by atoms with van der Waals surface area (Å²) in [4.78, 5) is 0. The van der Waals surface area contributed by atoms with Crippen molar-refractivity contribution in [2.24, 2.45) is 17.2 Å². The fourth-order valence-electron chi connectivity index (χ4n) is 1.72. The smallest absolute Gasteiger partial charge is 0.0817 e. The topological polar surface area (TPSA) is 38.0 Å². The van der Waals surface area contributed by atoms with E-state index >= 15 is 0 Å². The van der Waals surface area contributed by atoms with Gasteiger partial charge < -0.3 is 0 Å². The fraction of sp³-hybridized carbons (Fsp3) is 0.818. The molecule has 0 heterocycles. The lowest BCUT2D eigenvalue weighted by molar-refractivity contribution is 0.286. The van der Waals surface area contributed by atoms with Crippen molar-refractivity contribution in [2.75, 3.05) is 0 Å². The van der Waals surface area contributed by atoms with E-state index < -0.39 is 0 Å². The fourth-order valence-corrected chi connectivity index (χ4v) is 1.72. The highest BCUT2D eigenvalue weighted by atomic mass is 15.2. The second-order valence-electron chi connectivity index (χ2n) is 4.99. The SMILES string of the molecule is C#CC(CC(C)CC(C)(C)C)NN. The Kier molecular flexibility index (Phi) is 5.05. The quantitative estimate of drug-likeness (QED) is 0.396. The van der Waals surface area contributed by atoms with Gasteiger partial charge in [0.05, 0.1) is 6.04 Å². The minimum Gasteiger partial charge on any atom is -0.270 e. The maximum absolute atomic E-state index is 5.30. The van der Waals surface area contributed by atoms with Gasteiger partial charge >= 0.3 is 0 Å². The molecule has 0 fully saturated rings. The minimum absolute atomic E-state index is 0.0114. The lowest BCUT2D eigenvalue weighted by Crippen LogP contribution is -2.35. The highest BCUT2D eigenvalue weighted by Crippen LogP contribution is 2.26. The number of rotatable bonds is 4. The van der Waals surface area contributed by atoms with Crippen LogP contribution in [-0.4, -0.2) is 6.04 Å². The Labute approximate surface area is 82.2 Å². The van der Waals surface area contributed by atoms with E-state index in [1.807, 2.05) is 0 Å². The minimum atomic E-state index is 0.0114. The monoisotopic (exact) mass is 182 g/mol. The van der Waals surface area contributed by atoms with Crippen molar-refractivity contribution in [3.05, 3.63) is 0 Å². The Hall–Kier alpha value is -0.520. The van der Waals surface area contributed by atoms with Crippen molar-refractivity contribution >= 4 is 0 Å². The van der Waals surface area contributed by atoms with Crippen LogP contribution in [0, 0.1) is 23.7 Å². The molecule has 76 valence electrons. The van der Waals surface area contributed by atoms with Gasteiger partial charge in [0.1, 0.15) is 0 Å². The maximum Gasteiger partial charge on any atom is 0.0817 e. The molecule has 0 rings (SSSR count). The summed E-state index contributed by atoms with van der Waals surface area (Å²) in [5, 5.41) is 0. The van der Waals surface area contributed by atoms with Gasteiger partial charge in [-0.15, -0.1) is 6.42 Å². The zero-order valence-corrected chi connectivity index (χ0v) is 9.22. The van der Waals surface area contributed by atoms with Crippen molar-refractivity contribution < 1.29 is 0 Å². The van der Waals surface area contributed by atoms with Gasteiger partial charge in [-0.3, -0.25) is 5.84 Å². The van der Waals surface area contributed by atoms with Crippen molar-refractivity contribution in [1.82, 2.24) is 5.43 Å². The summed E-state index contributed by atoms with van der Waals surface area (Å²) < 4.78 is 0. The molecule has 0 saturated carbocycles. The second kappa shape index (κ2) is 5.26. The van der Waals surface area contributed by atoms with Crippen LogP contribution in [0.25, 0.3) is 0 Å². The Morgan fingerprint density at radius 2 is 2.00 bits per heavy atom. The number of hydrogen-bond donors (Lipinski definition) is 2. The second-order valence-corrected chi connectivity index (χ2v) is 4.99. The summed E-state index contributed by atoms with van der Waals surface area (Å²) in [6, 6.07) is 0.0114. The van der Waals surface area contributed by atoms with Crippen LogP contribution >= 0.6 is 0 Å². The largest absolute Gasteiger partial charge is 0.270 e. The van der Waals surface area contributed by atoms with Gasteiger partial charge in [0.25, 0.3) is 0 Å². The molecular formula is C11H22N2. The summed E-state index contributed by atoms with van der Waals surface area (Å²) in [7, 11) is 0. The van der Waals surface area contributed by atoms with E-state index in [2.05, 4.69) is 39.0 Å². The Bertz CT molecular complexity index is 174. The van der Waals surface area contributed by atoms with Crippen molar-refractivity contribution in [3.8, 4) is 12.3 Å². The molecule has 0 radical (unpaired) electrons. The van der Waals surface area contributed by atoms with Crippen molar-refractivity contribution in [1.29, 1.82) is 0 Å². The van der Waals surface area contributed by atoms with Crippen LogP contribution in [0.2, 0.25) is 0 Å². The number of nitrogens with one attached hydrogen (secondary N) is 1. The van der Waals surface area contributed by atoms with E-state index in [1.54, 1.807) is 0 Å². The summed E-state index contributed by atoms with van der Waals surface area (Å²) in [6.45, 7) is 8.94. The standard InChI is InChI=1S/C11H22N2/c1-6-10(13-12)7-9(2)8-11(3,4)5/h1,9-10,13H,7-8,12H2,2-5H3. The van der Waals surface area contributed by atoms with Crippen LogP contribution in [0.4, 0.5) is 0 Å². The third kappa shape index (κ3) is 6.62. The lowest BCUT2D eigenvalue weighted by Gasteiger charge is -2.24. The summed E-state index contributed by atoms with van der Waals surface area (Å²) in [5.74, 6) is 8.54. The number of hydrogen-bond acceptors (Lipinski definition) is 2. The van der Waals surface area contributed by atoms with Crippen LogP contribution in [0.1, 0.15) is 40.5 Å². The van der Waals surface area contributed by atoms with Crippen LogP contribution in [0.5, 0.6) is 0 Å². The lowest BCUT2D eigenvalue weighted by atomic mass is 9.83. The van der Waals surface area contributed by atoms with Crippen LogP contribution in [0.3, 0.4) is 0 Å². The molecule has 0 aromatic rings. The molecule has 0 amide bonds. The molecule has 2 atom stereocenters. The number of nitrogens with two attached hydrogens (primary N) is 1. The predicted molar refractivity (Wildman–Crippen MR) is 57.8 cm³/mol. The van der Waals surface area contributed by atoms with E-state index in [0.717, 1.165) is 6.42 Å². The molecule has 3 N–H and O–H groups in total. The van der Waals surface area contributed by atoms with Gasteiger partial charge in [0.15, 0.2) is 0 Å². The molecule has 2 nitrogen and oxygen atoms in total. The van der Waals surface area contributed by atoms with Gasteiger partial charge in [-0.1, -0.05) is 33.6 Å². The third-order valence-corrected chi connectivity index (χ3v) is 2.00. The normalized spacial score (nSPS) is 16.3. The van der Waals surface area contributed by atoms with Crippen LogP contribution in [-0.2, 0) is 0 Å². The molecule has 13 heavy (non-hydrogen) atoms. The molecule has 0 aromatic heterocycles. The van der Waals surface area contributed by atoms with Crippen LogP contribution < -0.4 is 11.3 Å². The van der Waals surface area contributed by atoms with E-state index in [9.17, 15) is 0 Å². The number of terminal acetylenes is 1. The molecule has 0 bridgehead atoms. The van der Waals surface area contributed by atoms with E-state index in [0.29, 0.717) is 11.3 Å². The van der Waals surface area contributed by atoms with Crippen LogP contribution in [0.15, 0.2) is 0 Å². The average Bonchev–Trinajstić information content (AvgIpc) is 1.96. The first-order valence-corrected chi connectivity index (χ1v) is 4.81. The summed E-state index contributed by atoms with van der Waals surface area (Å²) >= 11 is 0. The van der Waals surface area contributed by atoms with E-state index in [4.69, 9.17) is 12.3 Å². The number of hydrazine groups is 1. The third-order valence-electron chi connectivity index (χ3n) is 2.00. The molecule has 2 heteroatoms. The molecular weight excluding hydrogens is 160 g/mol. The zero-order chi connectivity index (χ0) is 10.5. The predicted octanol–water partition coefficient (Wildman–Crippen LogP) is 1.91. The van der Waals surface area contributed by atoms with Crippen molar-refractivity contribution in [2.45, 2.75) is 46.6 Å². The van der Waals surface area contributed by atoms with Gasteiger partial charge in [-0.25, -0.2) is 5.43 Å².